The van der Waals surface area contributed by atoms with Crippen molar-refractivity contribution >= 4 is 0 Å². The number of aryl methyl sites for hydroxylation is 1. The Labute approximate surface area is 183 Å². The van der Waals surface area contributed by atoms with E-state index in [0.717, 1.165) is 36.4 Å². The van der Waals surface area contributed by atoms with Crippen LogP contribution in [-0.4, -0.2) is 44.5 Å². The minimum atomic E-state index is 0.0615. The molecule has 0 fully saturated rings. The number of hydrogen-bond donors (Lipinski definition) is 0. The van der Waals surface area contributed by atoms with Crippen molar-refractivity contribution in [3.8, 4) is 23.0 Å². The molecule has 0 N–H and O–H groups in total. The summed E-state index contributed by atoms with van der Waals surface area (Å²) in [6.45, 7) is 2.65. The lowest BCUT2D eigenvalue weighted by molar-refractivity contribution is 0.212. The Balaban J connectivity index is 1.80. The zero-order chi connectivity index (χ0) is 21.8. The van der Waals surface area contributed by atoms with Crippen LogP contribution in [0.25, 0.3) is 0 Å². The van der Waals surface area contributed by atoms with Gasteiger partial charge in [0.15, 0.2) is 11.5 Å². The molecular weight excluding hydrogens is 392 g/mol. The summed E-state index contributed by atoms with van der Waals surface area (Å²) < 4.78 is 24.9. The first kappa shape index (κ1) is 21.1. The SMILES string of the molecule is COc1ccccc1[C@H]1c2cccn2CCCN1Cc1ccc(OC)c(OC)c1OC. The standard InChI is InChI=1S/C25H30N2O4/c1-28-21-11-6-5-9-19(21)23-20-10-7-14-26(20)15-8-16-27(23)17-18-12-13-22(29-2)25(31-4)24(18)30-3/h5-7,9-14,23H,8,15-17H2,1-4H3/t23-/m0/s1. The minimum Gasteiger partial charge on any atom is -0.496 e. The highest BCUT2D eigenvalue weighted by atomic mass is 16.5. The Kier molecular flexibility index (Phi) is 6.37. The number of para-hydroxylation sites is 1. The Bertz CT molecular complexity index is 1030. The van der Waals surface area contributed by atoms with Crippen LogP contribution < -0.4 is 18.9 Å². The Morgan fingerprint density at radius 1 is 0.774 bits per heavy atom. The first-order valence-corrected chi connectivity index (χ1v) is 10.5. The van der Waals surface area contributed by atoms with E-state index in [4.69, 9.17) is 18.9 Å². The Morgan fingerprint density at radius 2 is 1.55 bits per heavy atom. The van der Waals surface area contributed by atoms with Crippen LogP contribution in [0.1, 0.15) is 29.3 Å². The number of ether oxygens (including phenoxy) is 4. The zero-order valence-corrected chi connectivity index (χ0v) is 18.6. The number of fused-ring (bicyclic) bond motifs is 1. The fourth-order valence-corrected chi connectivity index (χ4v) is 4.56. The lowest BCUT2D eigenvalue weighted by Crippen LogP contribution is -2.30. The van der Waals surface area contributed by atoms with Crippen molar-refractivity contribution in [2.24, 2.45) is 0 Å². The second-order valence-electron chi connectivity index (χ2n) is 7.59. The van der Waals surface area contributed by atoms with Crippen molar-refractivity contribution in [3.05, 3.63) is 71.5 Å². The topological polar surface area (TPSA) is 45.1 Å². The summed E-state index contributed by atoms with van der Waals surface area (Å²) in [5.74, 6) is 2.88. The predicted octanol–water partition coefficient (Wildman–Crippen LogP) is 4.52. The van der Waals surface area contributed by atoms with Gasteiger partial charge < -0.3 is 23.5 Å². The van der Waals surface area contributed by atoms with E-state index < -0.39 is 0 Å². The highest BCUT2D eigenvalue weighted by molar-refractivity contribution is 5.56. The average molecular weight is 423 g/mol. The molecule has 0 aliphatic carbocycles. The number of aromatic nitrogens is 1. The molecule has 1 aliphatic rings. The fraction of sp³-hybridized carbons (Fsp3) is 0.360. The van der Waals surface area contributed by atoms with Crippen LogP contribution >= 0.6 is 0 Å². The van der Waals surface area contributed by atoms with E-state index in [-0.39, 0.29) is 6.04 Å². The molecule has 4 rings (SSSR count). The molecule has 6 nitrogen and oxygen atoms in total. The molecular formula is C25H30N2O4. The van der Waals surface area contributed by atoms with Crippen LogP contribution in [0.15, 0.2) is 54.7 Å². The molecule has 2 heterocycles. The summed E-state index contributed by atoms with van der Waals surface area (Å²) in [7, 11) is 6.68. The minimum absolute atomic E-state index is 0.0615. The molecule has 0 saturated carbocycles. The van der Waals surface area contributed by atoms with Gasteiger partial charge in [-0.05, 0) is 30.7 Å². The van der Waals surface area contributed by atoms with E-state index in [9.17, 15) is 0 Å². The van der Waals surface area contributed by atoms with E-state index in [2.05, 4.69) is 46.0 Å². The summed E-state index contributed by atoms with van der Waals surface area (Å²) in [6.07, 6.45) is 3.22. The van der Waals surface area contributed by atoms with E-state index in [1.807, 2.05) is 18.2 Å². The van der Waals surface area contributed by atoms with Crippen molar-refractivity contribution in [3.63, 3.8) is 0 Å². The number of benzene rings is 2. The normalized spacial score (nSPS) is 16.3. The van der Waals surface area contributed by atoms with Gasteiger partial charge in [-0.1, -0.05) is 24.3 Å². The van der Waals surface area contributed by atoms with Crippen molar-refractivity contribution in [2.75, 3.05) is 35.0 Å². The highest BCUT2D eigenvalue weighted by Crippen LogP contribution is 2.43. The third-order valence-corrected chi connectivity index (χ3v) is 5.95. The second-order valence-corrected chi connectivity index (χ2v) is 7.59. The Hall–Kier alpha value is -3.12. The highest BCUT2D eigenvalue weighted by Gasteiger charge is 2.30. The van der Waals surface area contributed by atoms with Crippen LogP contribution in [0.5, 0.6) is 23.0 Å². The molecule has 0 spiro atoms. The van der Waals surface area contributed by atoms with Gasteiger partial charge >= 0.3 is 0 Å². The third kappa shape index (κ3) is 3.95. The first-order valence-electron chi connectivity index (χ1n) is 10.5. The van der Waals surface area contributed by atoms with Gasteiger partial charge in [0.2, 0.25) is 5.75 Å². The average Bonchev–Trinajstić information content (AvgIpc) is 3.20. The van der Waals surface area contributed by atoms with Gasteiger partial charge in [-0.15, -0.1) is 0 Å². The van der Waals surface area contributed by atoms with Gasteiger partial charge in [0.25, 0.3) is 0 Å². The quantitative estimate of drug-likeness (QED) is 0.560. The van der Waals surface area contributed by atoms with Crippen LogP contribution in [0, 0.1) is 0 Å². The lowest BCUT2D eigenvalue weighted by Gasteiger charge is -2.32. The maximum atomic E-state index is 5.76. The molecule has 2 aromatic carbocycles. The number of methoxy groups -OCH3 is 4. The van der Waals surface area contributed by atoms with Crippen LogP contribution in [-0.2, 0) is 13.1 Å². The van der Waals surface area contributed by atoms with Crippen molar-refractivity contribution in [2.45, 2.75) is 25.6 Å². The molecule has 1 aliphatic heterocycles. The molecule has 0 bridgehead atoms. The molecule has 1 atom stereocenters. The molecule has 3 aromatic rings. The maximum absolute atomic E-state index is 5.76. The summed E-state index contributed by atoms with van der Waals surface area (Å²) in [5.41, 5.74) is 3.48. The largest absolute Gasteiger partial charge is 0.496 e. The molecule has 31 heavy (non-hydrogen) atoms. The van der Waals surface area contributed by atoms with Gasteiger partial charge in [0, 0.05) is 42.7 Å². The summed E-state index contributed by atoms with van der Waals surface area (Å²) in [6, 6.07) is 16.7. The van der Waals surface area contributed by atoms with Crippen LogP contribution in [0.3, 0.4) is 0 Å². The Morgan fingerprint density at radius 3 is 2.29 bits per heavy atom. The molecule has 6 heteroatoms. The maximum Gasteiger partial charge on any atom is 0.203 e. The molecule has 0 radical (unpaired) electrons. The number of hydrogen-bond acceptors (Lipinski definition) is 5. The molecule has 0 unspecified atom stereocenters. The first-order chi connectivity index (χ1) is 15.2. The fourth-order valence-electron chi connectivity index (χ4n) is 4.56. The smallest absolute Gasteiger partial charge is 0.203 e. The lowest BCUT2D eigenvalue weighted by atomic mass is 9.99. The van der Waals surface area contributed by atoms with Crippen molar-refractivity contribution < 1.29 is 18.9 Å². The molecule has 0 amide bonds. The van der Waals surface area contributed by atoms with Gasteiger partial charge in [0.1, 0.15) is 5.75 Å². The number of nitrogens with zero attached hydrogens (tertiary/aromatic N) is 2. The summed E-state index contributed by atoms with van der Waals surface area (Å²) >= 11 is 0. The third-order valence-electron chi connectivity index (χ3n) is 5.95. The summed E-state index contributed by atoms with van der Waals surface area (Å²) in [4.78, 5) is 2.49. The predicted molar refractivity (Wildman–Crippen MR) is 120 cm³/mol. The van der Waals surface area contributed by atoms with Gasteiger partial charge in [0.05, 0.1) is 34.5 Å². The zero-order valence-electron chi connectivity index (χ0n) is 18.6. The second kappa shape index (κ2) is 9.35. The van der Waals surface area contributed by atoms with E-state index >= 15 is 0 Å². The van der Waals surface area contributed by atoms with E-state index in [1.54, 1.807) is 28.4 Å². The van der Waals surface area contributed by atoms with Crippen LogP contribution in [0.4, 0.5) is 0 Å². The van der Waals surface area contributed by atoms with E-state index in [1.165, 1.54) is 5.69 Å². The van der Waals surface area contributed by atoms with Crippen molar-refractivity contribution in [1.29, 1.82) is 0 Å². The summed E-state index contributed by atoms with van der Waals surface area (Å²) in [5, 5.41) is 0. The molecule has 0 saturated heterocycles. The van der Waals surface area contributed by atoms with E-state index in [0.29, 0.717) is 23.8 Å². The van der Waals surface area contributed by atoms with Gasteiger partial charge in [-0.2, -0.15) is 0 Å². The van der Waals surface area contributed by atoms with Gasteiger partial charge in [-0.3, -0.25) is 4.90 Å². The molecule has 164 valence electrons. The van der Waals surface area contributed by atoms with Crippen LogP contribution in [0.2, 0.25) is 0 Å². The monoisotopic (exact) mass is 422 g/mol. The van der Waals surface area contributed by atoms with Gasteiger partial charge in [-0.25, -0.2) is 0 Å². The van der Waals surface area contributed by atoms with Crippen molar-refractivity contribution in [1.82, 2.24) is 9.47 Å². The number of rotatable bonds is 7. The molecule has 1 aromatic heterocycles.